The summed E-state index contributed by atoms with van der Waals surface area (Å²) < 4.78 is 31.9. The number of nitrogens with zero attached hydrogens (tertiary/aromatic N) is 1. The summed E-state index contributed by atoms with van der Waals surface area (Å²) in [6, 6.07) is 19.1. The maximum Gasteiger partial charge on any atom is 0.251 e. The summed E-state index contributed by atoms with van der Waals surface area (Å²) in [5.41, 5.74) is 2.25. The number of benzene rings is 3. The van der Waals surface area contributed by atoms with Gasteiger partial charge < -0.3 is 10.1 Å². The summed E-state index contributed by atoms with van der Waals surface area (Å²) in [6.45, 7) is 4.29. The van der Waals surface area contributed by atoms with Crippen LogP contribution in [-0.4, -0.2) is 26.4 Å². The number of rotatable bonds is 7. The standard InChI is InChI=1S/C27H26N2O4S/c1-18(2)21-8-11-25(33-3)26(15-21)34(31,32)24-9-4-19(5-10-24)16-29-27(30)22-7-6-20-12-13-28-17-23(20)14-22/h4-15,17-18H,16H2,1-3H3,(H,29,30). The molecule has 1 aromatic heterocycles. The third-order valence-electron chi connectivity index (χ3n) is 5.73. The summed E-state index contributed by atoms with van der Waals surface area (Å²) in [7, 11) is -2.31. The first kappa shape index (κ1) is 23.4. The van der Waals surface area contributed by atoms with Crippen LogP contribution in [0.1, 0.15) is 41.3 Å². The monoisotopic (exact) mass is 474 g/mol. The van der Waals surface area contributed by atoms with Crippen LogP contribution in [0.25, 0.3) is 10.8 Å². The van der Waals surface area contributed by atoms with E-state index in [-0.39, 0.29) is 28.2 Å². The molecule has 0 aliphatic carbocycles. The van der Waals surface area contributed by atoms with E-state index in [1.165, 1.54) is 7.11 Å². The van der Waals surface area contributed by atoms with Gasteiger partial charge >= 0.3 is 0 Å². The van der Waals surface area contributed by atoms with Gasteiger partial charge in [-0.1, -0.05) is 38.1 Å². The molecule has 0 unspecified atom stereocenters. The van der Waals surface area contributed by atoms with Gasteiger partial charge in [0.1, 0.15) is 10.6 Å². The molecule has 4 aromatic rings. The normalized spacial score (nSPS) is 11.5. The maximum absolute atomic E-state index is 13.3. The quantitative estimate of drug-likeness (QED) is 0.401. The van der Waals surface area contributed by atoms with Crippen LogP contribution in [-0.2, 0) is 16.4 Å². The third-order valence-corrected chi connectivity index (χ3v) is 7.52. The molecule has 0 bridgehead atoms. The van der Waals surface area contributed by atoms with Gasteiger partial charge in [-0.25, -0.2) is 8.42 Å². The third kappa shape index (κ3) is 4.79. The molecule has 3 aromatic carbocycles. The summed E-state index contributed by atoms with van der Waals surface area (Å²) >= 11 is 0. The molecule has 0 saturated heterocycles. The second-order valence-electron chi connectivity index (χ2n) is 8.33. The van der Waals surface area contributed by atoms with E-state index >= 15 is 0 Å². The van der Waals surface area contributed by atoms with Gasteiger partial charge in [-0.05, 0) is 64.9 Å². The van der Waals surface area contributed by atoms with Crippen molar-refractivity contribution in [3.05, 3.63) is 95.8 Å². The first-order chi connectivity index (χ1) is 16.3. The second-order valence-corrected chi connectivity index (χ2v) is 10.3. The first-order valence-corrected chi connectivity index (χ1v) is 12.4. The number of amides is 1. The lowest BCUT2D eigenvalue weighted by atomic mass is 10.0. The average Bonchev–Trinajstić information content (AvgIpc) is 2.86. The van der Waals surface area contributed by atoms with E-state index in [4.69, 9.17) is 4.74 Å². The van der Waals surface area contributed by atoms with E-state index in [0.717, 1.165) is 21.9 Å². The summed E-state index contributed by atoms with van der Waals surface area (Å²) in [5.74, 6) is 0.286. The number of ether oxygens (including phenoxy) is 1. The Kier molecular flexibility index (Phi) is 6.65. The van der Waals surface area contributed by atoms with Crippen molar-refractivity contribution in [3.8, 4) is 5.75 Å². The minimum atomic E-state index is -3.77. The van der Waals surface area contributed by atoms with E-state index < -0.39 is 9.84 Å². The molecule has 0 fully saturated rings. The van der Waals surface area contributed by atoms with Crippen LogP contribution in [0, 0.1) is 0 Å². The van der Waals surface area contributed by atoms with Crippen molar-refractivity contribution in [1.82, 2.24) is 10.3 Å². The van der Waals surface area contributed by atoms with Crippen molar-refractivity contribution in [1.29, 1.82) is 0 Å². The fraction of sp³-hybridized carbons (Fsp3) is 0.185. The van der Waals surface area contributed by atoms with Crippen molar-refractivity contribution in [2.24, 2.45) is 0 Å². The van der Waals surface area contributed by atoms with Crippen LogP contribution in [0.5, 0.6) is 5.75 Å². The molecule has 0 aliphatic rings. The molecule has 6 nitrogen and oxygen atoms in total. The molecule has 0 radical (unpaired) electrons. The van der Waals surface area contributed by atoms with Crippen molar-refractivity contribution in [2.75, 3.05) is 7.11 Å². The van der Waals surface area contributed by atoms with E-state index in [1.807, 2.05) is 32.0 Å². The number of aromatic nitrogens is 1. The van der Waals surface area contributed by atoms with Crippen LogP contribution >= 0.6 is 0 Å². The van der Waals surface area contributed by atoms with Crippen molar-refractivity contribution >= 4 is 26.5 Å². The van der Waals surface area contributed by atoms with E-state index in [2.05, 4.69) is 10.3 Å². The van der Waals surface area contributed by atoms with Crippen molar-refractivity contribution in [3.63, 3.8) is 0 Å². The molecule has 0 saturated carbocycles. The summed E-state index contributed by atoms with van der Waals surface area (Å²) in [6.07, 6.45) is 3.43. The molecule has 1 amide bonds. The van der Waals surface area contributed by atoms with Crippen LogP contribution in [0.3, 0.4) is 0 Å². The number of nitrogens with one attached hydrogen (secondary N) is 1. The molecule has 0 spiro atoms. The van der Waals surface area contributed by atoms with Crippen LogP contribution in [0.4, 0.5) is 0 Å². The lowest BCUT2D eigenvalue weighted by molar-refractivity contribution is 0.0951. The number of hydrogen-bond acceptors (Lipinski definition) is 5. The van der Waals surface area contributed by atoms with Gasteiger partial charge in [0.15, 0.2) is 0 Å². The summed E-state index contributed by atoms with van der Waals surface area (Å²) in [5, 5.41) is 4.78. The fourth-order valence-electron chi connectivity index (χ4n) is 3.69. The van der Waals surface area contributed by atoms with Gasteiger partial charge in [-0.15, -0.1) is 0 Å². The second kappa shape index (κ2) is 9.65. The molecular formula is C27H26N2O4S. The topological polar surface area (TPSA) is 85.4 Å². The van der Waals surface area contributed by atoms with Gasteiger partial charge in [0, 0.05) is 29.9 Å². The Morgan fingerprint density at radius 1 is 0.971 bits per heavy atom. The maximum atomic E-state index is 13.3. The fourth-order valence-corrected chi connectivity index (χ4v) is 5.14. The van der Waals surface area contributed by atoms with Gasteiger partial charge in [0.05, 0.1) is 12.0 Å². The Balaban J connectivity index is 1.50. The largest absolute Gasteiger partial charge is 0.495 e. The zero-order valence-corrected chi connectivity index (χ0v) is 20.1. The van der Waals surface area contributed by atoms with Crippen LogP contribution < -0.4 is 10.1 Å². The molecular weight excluding hydrogens is 448 g/mol. The molecule has 0 atom stereocenters. The molecule has 1 heterocycles. The molecule has 4 rings (SSSR count). The molecule has 0 aliphatic heterocycles. The number of carbonyl (C=O) groups excluding carboxylic acids is 1. The Hall–Kier alpha value is -3.71. The Morgan fingerprint density at radius 2 is 1.74 bits per heavy atom. The zero-order chi connectivity index (χ0) is 24.3. The number of methoxy groups -OCH3 is 1. The molecule has 1 N–H and O–H groups in total. The number of hydrogen-bond donors (Lipinski definition) is 1. The van der Waals surface area contributed by atoms with Crippen molar-refractivity contribution in [2.45, 2.75) is 36.1 Å². The van der Waals surface area contributed by atoms with Crippen molar-refractivity contribution < 1.29 is 17.9 Å². The summed E-state index contributed by atoms with van der Waals surface area (Å²) in [4.78, 5) is 17.0. The Morgan fingerprint density at radius 3 is 2.44 bits per heavy atom. The highest BCUT2D eigenvalue weighted by Gasteiger charge is 2.23. The highest BCUT2D eigenvalue weighted by Crippen LogP contribution is 2.32. The van der Waals surface area contributed by atoms with E-state index in [1.54, 1.807) is 60.9 Å². The van der Waals surface area contributed by atoms with E-state index in [0.29, 0.717) is 11.3 Å². The zero-order valence-electron chi connectivity index (χ0n) is 19.3. The van der Waals surface area contributed by atoms with Gasteiger partial charge in [-0.3, -0.25) is 9.78 Å². The number of carbonyl (C=O) groups is 1. The number of sulfone groups is 1. The van der Waals surface area contributed by atoms with Crippen LogP contribution in [0.15, 0.2) is 88.9 Å². The highest BCUT2D eigenvalue weighted by molar-refractivity contribution is 7.91. The minimum absolute atomic E-state index is 0.146. The van der Waals surface area contributed by atoms with Crippen LogP contribution in [0.2, 0.25) is 0 Å². The number of pyridine rings is 1. The highest BCUT2D eigenvalue weighted by atomic mass is 32.2. The number of fused-ring (bicyclic) bond motifs is 1. The predicted octanol–water partition coefficient (Wildman–Crippen LogP) is 5.13. The predicted molar refractivity (Wildman–Crippen MR) is 132 cm³/mol. The Labute approximate surface area is 199 Å². The smallest absolute Gasteiger partial charge is 0.251 e. The molecule has 34 heavy (non-hydrogen) atoms. The Bertz CT molecular complexity index is 1450. The lowest BCUT2D eigenvalue weighted by Crippen LogP contribution is -2.22. The lowest BCUT2D eigenvalue weighted by Gasteiger charge is -2.14. The first-order valence-electron chi connectivity index (χ1n) is 10.9. The van der Waals surface area contributed by atoms with E-state index in [9.17, 15) is 13.2 Å². The molecule has 7 heteroatoms. The van der Waals surface area contributed by atoms with Gasteiger partial charge in [0.2, 0.25) is 9.84 Å². The SMILES string of the molecule is COc1ccc(C(C)C)cc1S(=O)(=O)c1ccc(CNC(=O)c2ccc3ccncc3c2)cc1. The average molecular weight is 475 g/mol. The van der Waals surface area contributed by atoms with Gasteiger partial charge in [0.25, 0.3) is 5.91 Å². The van der Waals surface area contributed by atoms with Gasteiger partial charge in [-0.2, -0.15) is 0 Å². The molecule has 174 valence electrons. The minimum Gasteiger partial charge on any atom is -0.495 e.